The summed E-state index contributed by atoms with van der Waals surface area (Å²) < 4.78 is 13.6. The lowest BCUT2D eigenvalue weighted by Gasteiger charge is -2.34. The SMILES string of the molecule is O=C(NC1CCN(C(=O)NC2CCCCC2)CC1)c1cc(F)c(Cl)cc1Cl. The maximum absolute atomic E-state index is 13.6. The van der Waals surface area contributed by atoms with Crippen molar-refractivity contribution < 1.29 is 14.0 Å². The molecule has 1 aromatic carbocycles. The molecule has 1 heterocycles. The zero-order chi connectivity index (χ0) is 19.4. The van der Waals surface area contributed by atoms with Gasteiger partial charge < -0.3 is 15.5 Å². The number of nitrogens with one attached hydrogen (secondary N) is 2. The molecule has 2 N–H and O–H groups in total. The second-order valence-corrected chi connectivity index (χ2v) is 8.08. The molecule has 0 radical (unpaired) electrons. The van der Waals surface area contributed by atoms with Crippen LogP contribution >= 0.6 is 23.2 Å². The number of benzene rings is 1. The number of nitrogens with zero attached hydrogens (tertiary/aromatic N) is 1. The van der Waals surface area contributed by atoms with Crippen molar-refractivity contribution in [3.8, 4) is 0 Å². The van der Waals surface area contributed by atoms with Gasteiger partial charge in [-0.2, -0.15) is 0 Å². The smallest absolute Gasteiger partial charge is 0.317 e. The molecule has 0 spiro atoms. The molecule has 1 aliphatic heterocycles. The van der Waals surface area contributed by atoms with E-state index in [9.17, 15) is 14.0 Å². The van der Waals surface area contributed by atoms with E-state index in [-0.39, 0.29) is 33.7 Å². The summed E-state index contributed by atoms with van der Waals surface area (Å²) in [4.78, 5) is 26.6. The van der Waals surface area contributed by atoms with Crippen LogP contribution < -0.4 is 10.6 Å². The minimum Gasteiger partial charge on any atom is -0.349 e. The van der Waals surface area contributed by atoms with Crippen LogP contribution in [0.5, 0.6) is 0 Å². The van der Waals surface area contributed by atoms with Gasteiger partial charge in [-0.15, -0.1) is 0 Å². The minimum atomic E-state index is -0.680. The summed E-state index contributed by atoms with van der Waals surface area (Å²) in [6.07, 6.45) is 7.00. The number of rotatable bonds is 3. The lowest BCUT2D eigenvalue weighted by Crippen LogP contribution is -2.51. The Morgan fingerprint density at radius 1 is 0.926 bits per heavy atom. The van der Waals surface area contributed by atoms with Gasteiger partial charge in [0.1, 0.15) is 5.82 Å². The van der Waals surface area contributed by atoms with Crippen molar-refractivity contribution in [2.45, 2.75) is 57.0 Å². The summed E-state index contributed by atoms with van der Waals surface area (Å²) in [5.74, 6) is -1.11. The summed E-state index contributed by atoms with van der Waals surface area (Å²) >= 11 is 11.7. The van der Waals surface area contributed by atoms with E-state index >= 15 is 0 Å². The zero-order valence-corrected chi connectivity index (χ0v) is 16.6. The Labute approximate surface area is 168 Å². The van der Waals surface area contributed by atoms with Crippen molar-refractivity contribution in [2.75, 3.05) is 13.1 Å². The molecule has 5 nitrogen and oxygen atoms in total. The molecule has 1 aromatic rings. The van der Waals surface area contributed by atoms with Crippen LogP contribution in [0.25, 0.3) is 0 Å². The normalized spacial score (nSPS) is 19.0. The second kappa shape index (κ2) is 9.11. The Bertz CT molecular complexity index is 702. The van der Waals surface area contributed by atoms with E-state index in [1.165, 1.54) is 25.3 Å². The molecule has 0 atom stereocenters. The number of carbonyl (C=O) groups excluding carboxylic acids is 2. The Balaban J connectivity index is 1.48. The van der Waals surface area contributed by atoms with E-state index in [2.05, 4.69) is 10.6 Å². The fraction of sp³-hybridized carbons (Fsp3) is 0.579. The summed E-state index contributed by atoms with van der Waals surface area (Å²) in [6.45, 7) is 1.15. The molecule has 0 unspecified atom stereocenters. The fourth-order valence-corrected chi connectivity index (χ4v) is 4.17. The van der Waals surface area contributed by atoms with Gasteiger partial charge in [0.05, 0.1) is 15.6 Å². The average molecular weight is 416 g/mol. The van der Waals surface area contributed by atoms with E-state index in [0.717, 1.165) is 18.9 Å². The molecule has 1 aliphatic carbocycles. The Kier molecular flexibility index (Phi) is 6.82. The molecule has 1 saturated carbocycles. The molecule has 3 rings (SSSR count). The predicted octanol–water partition coefficient (Wildman–Crippen LogP) is 4.37. The maximum atomic E-state index is 13.6. The predicted molar refractivity (Wildman–Crippen MR) is 104 cm³/mol. The van der Waals surface area contributed by atoms with Gasteiger partial charge in [0, 0.05) is 25.2 Å². The highest BCUT2D eigenvalue weighted by Gasteiger charge is 2.26. The van der Waals surface area contributed by atoms with Crippen LogP contribution in [0.15, 0.2) is 12.1 Å². The molecule has 0 bridgehead atoms. The number of hydrogen-bond donors (Lipinski definition) is 2. The van der Waals surface area contributed by atoms with E-state index in [1.54, 1.807) is 4.90 Å². The first-order chi connectivity index (χ1) is 12.9. The van der Waals surface area contributed by atoms with Crippen LogP contribution in [-0.4, -0.2) is 42.0 Å². The van der Waals surface area contributed by atoms with Crippen molar-refractivity contribution in [3.05, 3.63) is 33.6 Å². The monoisotopic (exact) mass is 415 g/mol. The summed E-state index contributed by atoms with van der Waals surface area (Å²) in [6, 6.07) is 2.46. The molecule has 27 heavy (non-hydrogen) atoms. The Hall–Kier alpha value is -1.53. The average Bonchev–Trinajstić information content (AvgIpc) is 2.66. The quantitative estimate of drug-likeness (QED) is 0.719. The van der Waals surface area contributed by atoms with Gasteiger partial charge >= 0.3 is 6.03 Å². The van der Waals surface area contributed by atoms with Gasteiger partial charge in [-0.1, -0.05) is 42.5 Å². The molecule has 0 aromatic heterocycles. The number of piperidine rings is 1. The first-order valence-corrected chi connectivity index (χ1v) is 10.2. The lowest BCUT2D eigenvalue weighted by atomic mass is 9.95. The largest absolute Gasteiger partial charge is 0.349 e. The molecule has 3 amide bonds. The third-order valence-corrected chi connectivity index (χ3v) is 5.91. The second-order valence-electron chi connectivity index (χ2n) is 7.27. The van der Waals surface area contributed by atoms with Gasteiger partial charge in [0.2, 0.25) is 0 Å². The van der Waals surface area contributed by atoms with Crippen LogP contribution in [0.2, 0.25) is 10.0 Å². The molecular weight excluding hydrogens is 392 g/mol. The van der Waals surface area contributed by atoms with Gasteiger partial charge in [-0.05, 0) is 37.8 Å². The van der Waals surface area contributed by atoms with E-state index in [4.69, 9.17) is 23.2 Å². The van der Waals surface area contributed by atoms with Crippen LogP contribution in [0.4, 0.5) is 9.18 Å². The highest BCUT2D eigenvalue weighted by molar-refractivity contribution is 6.36. The summed E-state index contributed by atoms with van der Waals surface area (Å²) in [7, 11) is 0. The summed E-state index contributed by atoms with van der Waals surface area (Å²) in [5.41, 5.74) is 0.0658. The van der Waals surface area contributed by atoms with Gasteiger partial charge in [0.25, 0.3) is 5.91 Å². The molecule has 2 aliphatic rings. The number of carbonyl (C=O) groups is 2. The number of halogens is 3. The number of hydrogen-bond acceptors (Lipinski definition) is 2. The van der Waals surface area contributed by atoms with Crippen molar-refractivity contribution in [1.29, 1.82) is 0 Å². The van der Waals surface area contributed by atoms with Crippen molar-refractivity contribution in [1.82, 2.24) is 15.5 Å². The van der Waals surface area contributed by atoms with Crippen LogP contribution in [-0.2, 0) is 0 Å². The standard InChI is InChI=1S/C19H24Cl2FN3O2/c20-15-11-16(21)17(22)10-14(15)18(26)23-13-6-8-25(9-7-13)19(27)24-12-4-2-1-3-5-12/h10-13H,1-9H2,(H,23,26)(H,24,27). The van der Waals surface area contributed by atoms with Crippen LogP contribution in [0.1, 0.15) is 55.3 Å². The van der Waals surface area contributed by atoms with Gasteiger partial charge in [-0.3, -0.25) is 4.79 Å². The minimum absolute atomic E-state index is 0.0190. The lowest BCUT2D eigenvalue weighted by molar-refractivity contribution is 0.0917. The topological polar surface area (TPSA) is 61.4 Å². The molecule has 1 saturated heterocycles. The van der Waals surface area contributed by atoms with E-state index < -0.39 is 11.7 Å². The third-order valence-electron chi connectivity index (χ3n) is 5.30. The number of urea groups is 1. The number of likely N-dealkylation sites (tertiary alicyclic amines) is 1. The van der Waals surface area contributed by atoms with Crippen molar-refractivity contribution in [3.63, 3.8) is 0 Å². The molecule has 2 fully saturated rings. The maximum Gasteiger partial charge on any atom is 0.317 e. The molecule has 8 heteroatoms. The summed E-state index contributed by atoms with van der Waals surface area (Å²) in [5, 5.41) is 5.99. The molecular formula is C19H24Cl2FN3O2. The highest BCUT2D eigenvalue weighted by atomic mass is 35.5. The van der Waals surface area contributed by atoms with E-state index in [1.807, 2.05) is 0 Å². The fourth-order valence-electron chi connectivity index (χ4n) is 3.70. The third kappa shape index (κ3) is 5.26. The van der Waals surface area contributed by atoms with Gasteiger partial charge in [0.15, 0.2) is 0 Å². The first kappa shape index (κ1) is 20.2. The highest BCUT2D eigenvalue weighted by Crippen LogP contribution is 2.25. The van der Waals surface area contributed by atoms with E-state index in [0.29, 0.717) is 25.9 Å². The van der Waals surface area contributed by atoms with Crippen molar-refractivity contribution >= 4 is 35.1 Å². The van der Waals surface area contributed by atoms with Crippen molar-refractivity contribution in [2.24, 2.45) is 0 Å². The first-order valence-electron chi connectivity index (χ1n) is 9.45. The zero-order valence-electron chi connectivity index (χ0n) is 15.1. The Morgan fingerprint density at radius 3 is 2.22 bits per heavy atom. The van der Waals surface area contributed by atoms with Crippen LogP contribution in [0, 0.1) is 5.82 Å². The Morgan fingerprint density at radius 2 is 1.56 bits per heavy atom. The van der Waals surface area contributed by atoms with Crippen LogP contribution in [0.3, 0.4) is 0 Å². The number of amides is 3. The van der Waals surface area contributed by atoms with Gasteiger partial charge in [-0.25, -0.2) is 9.18 Å². The molecule has 148 valence electrons.